The molecule has 1 atom stereocenters. The molecule has 3 nitrogen and oxygen atoms in total. The van der Waals surface area contributed by atoms with E-state index in [0.717, 1.165) is 42.3 Å². The van der Waals surface area contributed by atoms with Gasteiger partial charge in [0.1, 0.15) is 6.29 Å². The van der Waals surface area contributed by atoms with Crippen LogP contribution < -0.4 is 0 Å². The van der Waals surface area contributed by atoms with E-state index in [2.05, 4.69) is 26.0 Å². The van der Waals surface area contributed by atoms with E-state index in [-0.39, 0.29) is 5.60 Å². The molecule has 1 saturated heterocycles. The summed E-state index contributed by atoms with van der Waals surface area (Å²) in [5.41, 5.74) is 2.71. The van der Waals surface area contributed by atoms with Gasteiger partial charge >= 0.3 is 0 Å². The van der Waals surface area contributed by atoms with Crippen molar-refractivity contribution in [3.63, 3.8) is 0 Å². The predicted octanol–water partition coefficient (Wildman–Crippen LogP) is 3.72. The topological polar surface area (TPSA) is 39.2 Å². The molecule has 104 valence electrons. The van der Waals surface area contributed by atoms with Crippen molar-refractivity contribution < 1.29 is 9.53 Å². The molecule has 3 heteroatoms. The van der Waals surface area contributed by atoms with Crippen LogP contribution in [-0.2, 0) is 4.74 Å². The molecule has 0 aliphatic carbocycles. The molecule has 0 saturated carbocycles. The third kappa shape index (κ3) is 2.59. The minimum Gasteiger partial charge on any atom is -0.376 e. The Kier molecular flexibility index (Phi) is 3.30. The minimum absolute atomic E-state index is 0.0685. The lowest BCUT2D eigenvalue weighted by molar-refractivity contribution is -0.0597. The summed E-state index contributed by atoms with van der Waals surface area (Å²) in [6, 6.07) is 9.77. The van der Waals surface area contributed by atoms with Crippen LogP contribution in [0.2, 0.25) is 0 Å². The van der Waals surface area contributed by atoms with E-state index in [1.54, 1.807) is 0 Å². The van der Waals surface area contributed by atoms with E-state index >= 15 is 0 Å². The average Bonchev–Trinajstić information content (AvgIpc) is 2.45. The molecule has 0 unspecified atom stereocenters. The monoisotopic (exact) mass is 269 g/mol. The summed E-state index contributed by atoms with van der Waals surface area (Å²) in [7, 11) is 0. The second-order valence-electron chi connectivity index (χ2n) is 6.10. The number of rotatable bonds is 2. The van der Waals surface area contributed by atoms with Crippen LogP contribution in [0.4, 0.5) is 0 Å². The smallest absolute Gasteiger partial charge is 0.150 e. The number of carbonyl (C=O) groups excluding carboxylic acids is 1. The Bertz CT molecular complexity index is 648. The summed E-state index contributed by atoms with van der Waals surface area (Å²) in [5.74, 6) is 0.453. The summed E-state index contributed by atoms with van der Waals surface area (Å²) in [4.78, 5) is 15.6. The number of benzene rings is 1. The van der Waals surface area contributed by atoms with Gasteiger partial charge in [0.2, 0.25) is 0 Å². The highest BCUT2D eigenvalue weighted by molar-refractivity contribution is 5.86. The second kappa shape index (κ2) is 4.98. The molecule has 0 amide bonds. The lowest BCUT2D eigenvalue weighted by atomic mass is 9.86. The molecular formula is C17H19NO2. The van der Waals surface area contributed by atoms with Crippen molar-refractivity contribution in [2.45, 2.75) is 38.2 Å². The Morgan fingerprint density at radius 2 is 2.15 bits per heavy atom. The summed E-state index contributed by atoms with van der Waals surface area (Å²) in [6.07, 6.45) is 2.89. The fraction of sp³-hybridized carbons (Fsp3) is 0.412. The molecule has 1 aliphatic heterocycles. The Morgan fingerprint density at radius 3 is 2.90 bits per heavy atom. The maximum absolute atomic E-state index is 10.8. The van der Waals surface area contributed by atoms with Crippen molar-refractivity contribution >= 4 is 17.2 Å². The van der Waals surface area contributed by atoms with Crippen LogP contribution in [0.5, 0.6) is 0 Å². The van der Waals surface area contributed by atoms with E-state index in [1.165, 1.54) is 0 Å². The van der Waals surface area contributed by atoms with Crippen LogP contribution >= 0.6 is 0 Å². The molecule has 1 aromatic carbocycles. The number of fused-ring (bicyclic) bond motifs is 1. The Morgan fingerprint density at radius 1 is 1.30 bits per heavy atom. The number of aldehydes is 1. The quantitative estimate of drug-likeness (QED) is 0.780. The third-order valence-electron chi connectivity index (χ3n) is 3.99. The molecule has 0 spiro atoms. The zero-order valence-electron chi connectivity index (χ0n) is 11.9. The zero-order valence-corrected chi connectivity index (χ0v) is 11.9. The Labute approximate surface area is 119 Å². The number of ether oxygens (including phenoxy) is 1. The summed E-state index contributed by atoms with van der Waals surface area (Å²) >= 11 is 0. The van der Waals surface area contributed by atoms with Crippen molar-refractivity contribution in [2.75, 3.05) is 6.61 Å². The number of carbonyl (C=O) groups is 1. The van der Waals surface area contributed by atoms with Gasteiger partial charge in [-0.15, -0.1) is 0 Å². The van der Waals surface area contributed by atoms with Gasteiger partial charge in [0.25, 0.3) is 0 Å². The fourth-order valence-corrected chi connectivity index (χ4v) is 2.94. The molecule has 3 rings (SSSR count). The van der Waals surface area contributed by atoms with Gasteiger partial charge in [-0.05, 0) is 51.0 Å². The highest BCUT2D eigenvalue weighted by atomic mass is 16.5. The van der Waals surface area contributed by atoms with Crippen LogP contribution in [0.1, 0.15) is 48.7 Å². The normalized spacial score (nSPS) is 21.8. The molecular weight excluding hydrogens is 250 g/mol. The second-order valence-corrected chi connectivity index (χ2v) is 6.10. The van der Waals surface area contributed by atoms with Gasteiger partial charge in [0.15, 0.2) is 0 Å². The van der Waals surface area contributed by atoms with Gasteiger partial charge in [-0.25, -0.2) is 0 Å². The van der Waals surface area contributed by atoms with Crippen molar-refractivity contribution in [1.82, 2.24) is 4.98 Å². The highest BCUT2D eigenvalue weighted by Gasteiger charge is 2.30. The van der Waals surface area contributed by atoms with Crippen LogP contribution in [0.15, 0.2) is 30.3 Å². The minimum atomic E-state index is -0.0685. The summed E-state index contributed by atoms with van der Waals surface area (Å²) < 4.78 is 5.77. The first kappa shape index (κ1) is 13.3. The first-order valence-electron chi connectivity index (χ1n) is 7.07. The van der Waals surface area contributed by atoms with Crippen LogP contribution in [0.3, 0.4) is 0 Å². The largest absolute Gasteiger partial charge is 0.376 e. The maximum atomic E-state index is 10.8. The Balaban J connectivity index is 1.94. The van der Waals surface area contributed by atoms with Crippen molar-refractivity contribution in [3.05, 3.63) is 41.6 Å². The van der Waals surface area contributed by atoms with Crippen molar-refractivity contribution in [3.8, 4) is 0 Å². The van der Waals surface area contributed by atoms with Crippen LogP contribution in [0, 0.1) is 0 Å². The first-order chi connectivity index (χ1) is 9.57. The van der Waals surface area contributed by atoms with Gasteiger partial charge in [0.05, 0.1) is 11.1 Å². The van der Waals surface area contributed by atoms with E-state index in [0.29, 0.717) is 11.5 Å². The van der Waals surface area contributed by atoms with Gasteiger partial charge in [-0.3, -0.25) is 9.78 Å². The lowest BCUT2D eigenvalue weighted by Gasteiger charge is -2.35. The van der Waals surface area contributed by atoms with Crippen LogP contribution in [-0.4, -0.2) is 23.5 Å². The number of hydrogen-bond donors (Lipinski definition) is 0. The third-order valence-corrected chi connectivity index (χ3v) is 3.99. The molecule has 1 aliphatic rings. The number of aromatic nitrogens is 1. The number of pyridine rings is 1. The van der Waals surface area contributed by atoms with E-state index < -0.39 is 0 Å². The molecule has 20 heavy (non-hydrogen) atoms. The summed E-state index contributed by atoms with van der Waals surface area (Å²) in [5, 5.41) is 1.02. The van der Waals surface area contributed by atoms with E-state index in [1.807, 2.05) is 18.2 Å². The SMILES string of the molecule is CC1(C)C[C@H](c2ccc3cc(C=O)ccc3n2)CCO1. The predicted molar refractivity (Wildman–Crippen MR) is 79.1 cm³/mol. The average molecular weight is 269 g/mol. The maximum Gasteiger partial charge on any atom is 0.150 e. The molecule has 2 aromatic rings. The van der Waals surface area contributed by atoms with Gasteiger partial charge < -0.3 is 4.74 Å². The van der Waals surface area contributed by atoms with Crippen LogP contribution in [0.25, 0.3) is 10.9 Å². The molecule has 2 heterocycles. The molecule has 0 bridgehead atoms. The van der Waals surface area contributed by atoms with E-state index in [9.17, 15) is 4.79 Å². The molecule has 1 aromatic heterocycles. The summed E-state index contributed by atoms with van der Waals surface area (Å²) in [6.45, 7) is 5.06. The highest BCUT2D eigenvalue weighted by Crippen LogP contribution is 2.35. The fourth-order valence-electron chi connectivity index (χ4n) is 2.94. The lowest BCUT2D eigenvalue weighted by Crippen LogP contribution is -2.33. The van der Waals surface area contributed by atoms with Crippen molar-refractivity contribution in [2.24, 2.45) is 0 Å². The standard InChI is InChI=1S/C17H19NO2/c1-17(2)10-14(7-8-20-17)16-6-4-13-9-12(11-19)3-5-15(13)18-16/h3-6,9,11,14H,7-8,10H2,1-2H3/t14-/m1/s1. The zero-order chi connectivity index (χ0) is 14.2. The van der Waals surface area contributed by atoms with Crippen molar-refractivity contribution in [1.29, 1.82) is 0 Å². The van der Waals surface area contributed by atoms with E-state index in [4.69, 9.17) is 9.72 Å². The first-order valence-corrected chi connectivity index (χ1v) is 7.07. The molecule has 0 radical (unpaired) electrons. The number of nitrogens with zero attached hydrogens (tertiary/aromatic N) is 1. The number of hydrogen-bond acceptors (Lipinski definition) is 3. The van der Waals surface area contributed by atoms with Gasteiger partial charge in [-0.2, -0.15) is 0 Å². The Hall–Kier alpha value is -1.74. The molecule has 1 fully saturated rings. The molecule has 0 N–H and O–H groups in total. The van der Waals surface area contributed by atoms with Gasteiger partial charge in [-0.1, -0.05) is 6.07 Å². The van der Waals surface area contributed by atoms with Gasteiger partial charge in [0, 0.05) is 29.2 Å².